The third-order valence-electron chi connectivity index (χ3n) is 2.51. The van der Waals surface area contributed by atoms with E-state index in [0.717, 1.165) is 4.90 Å². The van der Waals surface area contributed by atoms with Gasteiger partial charge >= 0.3 is 12.1 Å². The number of likely N-dealkylation sites (tertiary alicyclic amines) is 1. The van der Waals surface area contributed by atoms with Gasteiger partial charge in [0.25, 0.3) is 5.92 Å². The van der Waals surface area contributed by atoms with Gasteiger partial charge in [0.1, 0.15) is 12.5 Å². The maximum absolute atomic E-state index is 13.2. The summed E-state index contributed by atoms with van der Waals surface area (Å²) in [4.78, 5) is 23.0. The number of hydrogen-bond acceptors (Lipinski definition) is 3. The second-order valence-corrected chi connectivity index (χ2v) is 3.71. The Morgan fingerprint density at radius 1 is 1.59 bits per heavy atom. The maximum atomic E-state index is 13.2. The van der Waals surface area contributed by atoms with Crippen molar-refractivity contribution in [3.8, 4) is 0 Å². The summed E-state index contributed by atoms with van der Waals surface area (Å²) in [6.45, 7) is 2.54. The van der Waals surface area contributed by atoms with Crippen LogP contribution in [0.25, 0.3) is 0 Å². The number of carbonyl (C=O) groups excluding carboxylic acids is 1. The molecule has 96 valence electrons. The van der Waals surface area contributed by atoms with Crippen LogP contribution in [0.1, 0.15) is 6.42 Å². The van der Waals surface area contributed by atoms with Gasteiger partial charge < -0.3 is 14.7 Å². The zero-order valence-corrected chi connectivity index (χ0v) is 9.07. The van der Waals surface area contributed by atoms with Crippen molar-refractivity contribution in [3.63, 3.8) is 0 Å². The molecule has 0 aromatic carbocycles. The zero-order valence-electron chi connectivity index (χ0n) is 9.07. The Morgan fingerprint density at radius 3 is 2.76 bits per heavy atom. The molecule has 0 radical (unpaired) electrons. The van der Waals surface area contributed by atoms with Gasteiger partial charge in [0, 0.05) is 19.5 Å². The Balaban J connectivity index is 2.65. The average molecular weight is 249 g/mol. The van der Waals surface area contributed by atoms with E-state index < -0.39 is 36.9 Å². The molecule has 0 aliphatic carbocycles. The number of carboxylic acids is 1. The van der Waals surface area contributed by atoms with Gasteiger partial charge in [-0.1, -0.05) is 12.7 Å². The molecule has 1 aliphatic rings. The van der Waals surface area contributed by atoms with Crippen molar-refractivity contribution in [1.29, 1.82) is 0 Å². The van der Waals surface area contributed by atoms with Crippen molar-refractivity contribution in [3.05, 3.63) is 12.7 Å². The van der Waals surface area contributed by atoms with Crippen LogP contribution in [0.15, 0.2) is 12.7 Å². The number of hydrogen-bond donors (Lipinski definition) is 1. The quantitative estimate of drug-likeness (QED) is 0.767. The van der Waals surface area contributed by atoms with Crippen LogP contribution in [0.4, 0.5) is 13.6 Å². The van der Waals surface area contributed by atoms with Crippen LogP contribution in [-0.2, 0) is 9.53 Å². The maximum Gasteiger partial charge on any atom is 0.410 e. The van der Waals surface area contributed by atoms with E-state index in [-0.39, 0.29) is 13.2 Å². The topological polar surface area (TPSA) is 66.8 Å². The molecule has 0 aromatic heterocycles. The highest BCUT2D eigenvalue weighted by Gasteiger charge is 2.49. The van der Waals surface area contributed by atoms with Crippen molar-refractivity contribution in [2.75, 3.05) is 19.7 Å². The van der Waals surface area contributed by atoms with E-state index in [9.17, 15) is 18.4 Å². The first-order valence-electron chi connectivity index (χ1n) is 5.01. The fourth-order valence-electron chi connectivity index (χ4n) is 1.55. The molecule has 1 rings (SSSR count). The van der Waals surface area contributed by atoms with Crippen LogP contribution >= 0.6 is 0 Å². The molecule has 1 atom stereocenters. The predicted molar refractivity (Wildman–Crippen MR) is 53.8 cm³/mol. The average Bonchev–Trinajstić information content (AvgIpc) is 2.25. The number of carboxylic acid groups (broad SMARTS) is 1. The van der Waals surface area contributed by atoms with Gasteiger partial charge in [0.05, 0.1) is 0 Å². The molecular formula is C10H13F2NO4. The molecule has 0 saturated carbocycles. The van der Waals surface area contributed by atoms with E-state index in [2.05, 4.69) is 11.3 Å². The number of alkyl halides is 2. The SMILES string of the molecule is C=CCOC(=O)N1CCC(F)(F)C(C(=O)O)C1. The Hall–Kier alpha value is -1.66. The van der Waals surface area contributed by atoms with Gasteiger partial charge in [-0.2, -0.15) is 0 Å². The van der Waals surface area contributed by atoms with Crippen LogP contribution in [0.2, 0.25) is 0 Å². The Morgan fingerprint density at radius 2 is 2.24 bits per heavy atom. The lowest BCUT2D eigenvalue weighted by Crippen LogP contribution is -2.52. The van der Waals surface area contributed by atoms with Gasteiger partial charge in [-0.25, -0.2) is 13.6 Å². The van der Waals surface area contributed by atoms with E-state index in [0.29, 0.717) is 0 Å². The van der Waals surface area contributed by atoms with E-state index in [1.54, 1.807) is 0 Å². The molecule has 0 aromatic rings. The fourth-order valence-corrected chi connectivity index (χ4v) is 1.55. The molecule has 0 bridgehead atoms. The summed E-state index contributed by atoms with van der Waals surface area (Å²) in [6.07, 6.45) is -0.134. The lowest BCUT2D eigenvalue weighted by molar-refractivity contribution is -0.165. The van der Waals surface area contributed by atoms with E-state index in [1.165, 1.54) is 6.08 Å². The van der Waals surface area contributed by atoms with Crippen LogP contribution in [-0.4, -0.2) is 47.7 Å². The van der Waals surface area contributed by atoms with Crippen molar-refractivity contribution in [2.45, 2.75) is 12.3 Å². The second kappa shape index (κ2) is 5.11. The molecular weight excluding hydrogens is 236 g/mol. The van der Waals surface area contributed by atoms with E-state index in [1.807, 2.05) is 0 Å². The summed E-state index contributed by atoms with van der Waals surface area (Å²) in [6, 6.07) is 0. The van der Waals surface area contributed by atoms with E-state index in [4.69, 9.17) is 5.11 Å². The Kier molecular flexibility index (Phi) is 4.03. The lowest BCUT2D eigenvalue weighted by atomic mass is 9.94. The third kappa shape index (κ3) is 3.15. The van der Waals surface area contributed by atoms with Gasteiger partial charge in [0.15, 0.2) is 0 Å². The largest absolute Gasteiger partial charge is 0.481 e. The number of aliphatic carboxylic acids is 1. The smallest absolute Gasteiger partial charge is 0.410 e. The van der Waals surface area contributed by atoms with Crippen LogP contribution in [0.5, 0.6) is 0 Å². The first kappa shape index (κ1) is 13.4. The van der Waals surface area contributed by atoms with Crippen molar-refractivity contribution >= 4 is 12.1 Å². The highest BCUT2D eigenvalue weighted by atomic mass is 19.3. The number of piperidine rings is 1. The minimum atomic E-state index is -3.29. The minimum absolute atomic E-state index is 0.0382. The summed E-state index contributed by atoms with van der Waals surface area (Å²) >= 11 is 0. The second-order valence-electron chi connectivity index (χ2n) is 3.71. The summed E-state index contributed by atoms with van der Waals surface area (Å²) in [5.41, 5.74) is 0. The van der Waals surface area contributed by atoms with Crippen LogP contribution in [0.3, 0.4) is 0 Å². The fraction of sp³-hybridized carbons (Fsp3) is 0.600. The van der Waals surface area contributed by atoms with Gasteiger partial charge in [0.2, 0.25) is 0 Å². The van der Waals surface area contributed by atoms with Gasteiger partial charge in [-0.05, 0) is 0 Å². The minimum Gasteiger partial charge on any atom is -0.481 e. The zero-order chi connectivity index (χ0) is 13.1. The number of carbonyl (C=O) groups is 2. The van der Waals surface area contributed by atoms with Crippen LogP contribution in [0, 0.1) is 5.92 Å². The van der Waals surface area contributed by atoms with Crippen LogP contribution < -0.4 is 0 Å². The van der Waals surface area contributed by atoms with Crippen molar-refractivity contribution in [2.24, 2.45) is 5.92 Å². The normalized spacial score (nSPS) is 22.9. The first-order valence-corrected chi connectivity index (χ1v) is 5.01. The Labute approximate surface area is 96.7 Å². The molecule has 1 N–H and O–H groups in total. The number of ether oxygens (including phenoxy) is 1. The Bertz CT molecular complexity index is 332. The number of amides is 1. The highest BCUT2D eigenvalue weighted by molar-refractivity contribution is 5.74. The van der Waals surface area contributed by atoms with Crippen molar-refractivity contribution < 1.29 is 28.2 Å². The molecule has 5 nitrogen and oxygen atoms in total. The molecule has 1 aliphatic heterocycles. The molecule has 0 spiro atoms. The van der Waals surface area contributed by atoms with E-state index >= 15 is 0 Å². The standard InChI is InChI=1S/C10H13F2NO4/c1-2-5-17-9(16)13-4-3-10(11,12)7(6-13)8(14)15/h2,7H,1,3-6H2,(H,14,15). The van der Waals surface area contributed by atoms with Gasteiger partial charge in [-0.3, -0.25) is 4.79 Å². The number of rotatable bonds is 3. The molecule has 1 amide bonds. The van der Waals surface area contributed by atoms with Gasteiger partial charge in [-0.15, -0.1) is 0 Å². The predicted octanol–water partition coefficient (Wildman–Crippen LogP) is 1.35. The molecule has 7 heteroatoms. The van der Waals surface area contributed by atoms with Crippen molar-refractivity contribution in [1.82, 2.24) is 4.90 Å². The first-order chi connectivity index (χ1) is 7.88. The molecule has 1 heterocycles. The summed E-state index contributed by atoms with van der Waals surface area (Å²) in [5.74, 6) is -6.79. The lowest BCUT2D eigenvalue weighted by Gasteiger charge is -2.35. The molecule has 1 unspecified atom stereocenters. The third-order valence-corrected chi connectivity index (χ3v) is 2.51. The summed E-state index contributed by atoms with van der Waals surface area (Å²) in [5, 5.41) is 8.67. The molecule has 1 fully saturated rings. The summed E-state index contributed by atoms with van der Waals surface area (Å²) in [7, 11) is 0. The molecule has 1 saturated heterocycles. The number of nitrogens with zero attached hydrogens (tertiary/aromatic N) is 1. The summed E-state index contributed by atoms with van der Waals surface area (Å²) < 4.78 is 31.1. The number of halogens is 2. The monoisotopic (exact) mass is 249 g/mol. The highest BCUT2D eigenvalue weighted by Crippen LogP contribution is 2.33. The molecule has 17 heavy (non-hydrogen) atoms.